The van der Waals surface area contributed by atoms with E-state index in [2.05, 4.69) is 35.2 Å². The summed E-state index contributed by atoms with van der Waals surface area (Å²) < 4.78 is 16.6. The average Bonchev–Trinajstić information content (AvgIpc) is 2.99. The monoisotopic (exact) mass is 530 g/mol. The van der Waals surface area contributed by atoms with E-state index in [-0.39, 0.29) is 12.5 Å². The Morgan fingerprint density at radius 1 is 1.03 bits per heavy atom. The van der Waals surface area contributed by atoms with Crippen molar-refractivity contribution < 1.29 is 24.1 Å². The lowest BCUT2D eigenvalue weighted by atomic mass is 9.88. The number of fused-ring (bicyclic) bond motifs is 1. The van der Waals surface area contributed by atoms with Crippen molar-refractivity contribution in [3.63, 3.8) is 0 Å². The van der Waals surface area contributed by atoms with Crippen LogP contribution in [0, 0.1) is 0 Å². The smallest absolute Gasteiger partial charge is 0.246 e. The summed E-state index contributed by atoms with van der Waals surface area (Å²) in [6.45, 7) is 5.07. The van der Waals surface area contributed by atoms with Gasteiger partial charge in [-0.3, -0.25) is 4.79 Å². The number of ether oxygens (including phenoxy) is 3. The van der Waals surface area contributed by atoms with Gasteiger partial charge in [0.05, 0.1) is 20.3 Å². The second kappa shape index (κ2) is 13.1. The van der Waals surface area contributed by atoms with Crippen LogP contribution in [0.25, 0.3) is 16.8 Å². The van der Waals surface area contributed by atoms with Crippen LogP contribution in [0.5, 0.6) is 11.5 Å². The third kappa shape index (κ3) is 7.18. The van der Waals surface area contributed by atoms with Gasteiger partial charge in [0.25, 0.3) is 0 Å². The van der Waals surface area contributed by atoms with Gasteiger partial charge in [-0.1, -0.05) is 42.5 Å². The summed E-state index contributed by atoms with van der Waals surface area (Å²) in [6.07, 6.45) is 4.91. The van der Waals surface area contributed by atoms with Gasteiger partial charge in [0.15, 0.2) is 0 Å². The molecule has 2 aliphatic rings. The van der Waals surface area contributed by atoms with Gasteiger partial charge in [-0.2, -0.15) is 0 Å². The molecule has 0 saturated carbocycles. The number of para-hydroxylation sites is 1. The first-order valence-corrected chi connectivity index (χ1v) is 13.8. The molecule has 3 aromatic carbocycles. The van der Waals surface area contributed by atoms with Crippen LogP contribution in [-0.2, 0) is 9.53 Å². The van der Waals surface area contributed by atoms with Crippen LogP contribution in [0.1, 0.15) is 29.9 Å². The highest BCUT2D eigenvalue weighted by Gasteiger charge is 2.23. The molecule has 2 aliphatic heterocycles. The van der Waals surface area contributed by atoms with Gasteiger partial charge >= 0.3 is 0 Å². The highest BCUT2D eigenvalue weighted by atomic mass is 16.5. The molecule has 0 spiro atoms. The number of likely N-dealkylation sites (tertiary alicyclic amines) is 1. The number of hydrogen-bond donors (Lipinski definition) is 1. The lowest BCUT2D eigenvalue weighted by Gasteiger charge is -2.33. The number of nitrogens with zero attached hydrogens (tertiary/aromatic N) is 2. The minimum Gasteiger partial charge on any atom is -0.497 e. The molecule has 0 bridgehead atoms. The van der Waals surface area contributed by atoms with Crippen molar-refractivity contribution in [2.45, 2.75) is 24.9 Å². The number of morpholine rings is 1. The van der Waals surface area contributed by atoms with E-state index in [1.807, 2.05) is 30.3 Å². The first-order chi connectivity index (χ1) is 19.1. The van der Waals surface area contributed by atoms with Crippen molar-refractivity contribution >= 4 is 22.8 Å². The molecule has 2 fully saturated rings. The Bertz CT molecular complexity index is 1280. The molecule has 206 valence electrons. The molecule has 0 radical (unpaired) electrons. The summed E-state index contributed by atoms with van der Waals surface area (Å²) in [5, 5.41) is 13.2. The van der Waals surface area contributed by atoms with Gasteiger partial charge < -0.3 is 29.1 Å². The standard InChI is InChI=1S/C32H38N2O5/c1-37-30-10-8-27-20-26(6-7-28(27)21-30)24-12-14-33(15-13-24)22-29(35)23-39-31-5-3-2-4-25(31)9-11-32(36)34-16-18-38-19-17-34/h2-11,20-21,24,29,35H,12-19,22-23H2,1H3/t29-/m0/s1. The van der Waals surface area contributed by atoms with E-state index in [0.29, 0.717) is 44.5 Å². The Kier molecular flexibility index (Phi) is 9.14. The predicted molar refractivity (Wildman–Crippen MR) is 153 cm³/mol. The van der Waals surface area contributed by atoms with Crippen LogP contribution >= 0.6 is 0 Å². The molecule has 1 atom stereocenters. The number of piperidine rings is 1. The third-order valence-electron chi connectivity index (χ3n) is 7.68. The number of rotatable bonds is 9. The van der Waals surface area contributed by atoms with Crippen LogP contribution in [0.2, 0.25) is 0 Å². The Morgan fingerprint density at radius 3 is 2.56 bits per heavy atom. The number of methoxy groups -OCH3 is 1. The van der Waals surface area contributed by atoms with Crippen LogP contribution in [0.3, 0.4) is 0 Å². The van der Waals surface area contributed by atoms with Gasteiger partial charge in [0.2, 0.25) is 5.91 Å². The van der Waals surface area contributed by atoms with Crippen molar-refractivity contribution in [1.29, 1.82) is 0 Å². The van der Waals surface area contributed by atoms with Crippen LogP contribution in [0.15, 0.2) is 66.7 Å². The van der Waals surface area contributed by atoms with E-state index < -0.39 is 6.10 Å². The number of carbonyl (C=O) groups is 1. The lowest BCUT2D eigenvalue weighted by molar-refractivity contribution is -0.129. The highest BCUT2D eigenvalue weighted by Crippen LogP contribution is 2.31. The molecule has 0 aromatic heterocycles. The molecule has 0 aliphatic carbocycles. The number of benzene rings is 3. The van der Waals surface area contributed by atoms with E-state index in [1.165, 1.54) is 16.3 Å². The lowest BCUT2D eigenvalue weighted by Crippen LogP contribution is -2.40. The maximum atomic E-state index is 12.5. The van der Waals surface area contributed by atoms with Gasteiger partial charge in [-0.15, -0.1) is 0 Å². The zero-order valence-electron chi connectivity index (χ0n) is 22.6. The van der Waals surface area contributed by atoms with E-state index in [9.17, 15) is 9.90 Å². The first kappa shape index (κ1) is 27.2. The van der Waals surface area contributed by atoms with Gasteiger partial charge in [-0.25, -0.2) is 0 Å². The maximum Gasteiger partial charge on any atom is 0.246 e. The average molecular weight is 531 g/mol. The van der Waals surface area contributed by atoms with Crippen molar-refractivity contribution in [2.24, 2.45) is 0 Å². The molecule has 1 N–H and O–H groups in total. The summed E-state index contributed by atoms with van der Waals surface area (Å²) in [4.78, 5) is 16.6. The molecule has 2 saturated heterocycles. The number of β-amino-alcohol motifs (C(OH)–C–C–N with tert-alkyl or cyclic N) is 1. The summed E-state index contributed by atoms with van der Waals surface area (Å²) in [5.41, 5.74) is 2.20. The molecular formula is C32H38N2O5. The summed E-state index contributed by atoms with van der Waals surface area (Å²) in [7, 11) is 1.70. The number of carbonyl (C=O) groups excluding carboxylic acids is 1. The molecule has 3 aromatic rings. The molecule has 2 heterocycles. The first-order valence-electron chi connectivity index (χ1n) is 13.8. The molecule has 0 unspecified atom stereocenters. The second-order valence-electron chi connectivity index (χ2n) is 10.3. The molecular weight excluding hydrogens is 492 g/mol. The van der Waals surface area contributed by atoms with Gasteiger partial charge in [-0.05, 0) is 72.5 Å². The Balaban J connectivity index is 1.09. The summed E-state index contributed by atoms with van der Waals surface area (Å²) >= 11 is 0. The SMILES string of the molecule is COc1ccc2cc(C3CCN(C[C@H](O)COc4ccccc4C=CC(=O)N4CCOCC4)CC3)ccc2c1. The third-order valence-corrected chi connectivity index (χ3v) is 7.68. The molecule has 1 amide bonds. The van der Waals surface area contributed by atoms with Crippen molar-refractivity contribution in [2.75, 3.05) is 59.7 Å². The molecule has 7 heteroatoms. The van der Waals surface area contributed by atoms with E-state index in [0.717, 1.165) is 37.2 Å². The molecule has 7 nitrogen and oxygen atoms in total. The van der Waals surface area contributed by atoms with E-state index in [4.69, 9.17) is 14.2 Å². The maximum absolute atomic E-state index is 12.5. The van der Waals surface area contributed by atoms with Gasteiger partial charge in [0.1, 0.15) is 24.2 Å². The van der Waals surface area contributed by atoms with Crippen LogP contribution < -0.4 is 9.47 Å². The van der Waals surface area contributed by atoms with Crippen LogP contribution in [-0.4, -0.2) is 86.6 Å². The van der Waals surface area contributed by atoms with Crippen molar-refractivity contribution in [1.82, 2.24) is 9.80 Å². The normalized spacial score (nSPS) is 17.9. The fourth-order valence-corrected chi connectivity index (χ4v) is 5.41. The van der Waals surface area contributed by atoms with Crippen LogP contribution in [0.4, 0.5) is 0 Å². The highest BCUT2D eigenvalue weighted by molar-refractivity contribution is 5.92. The fraction of sp³-hybridized carbons (Fsp3) is 0.406. The zero-order chi connectivity index (χ0) is 27.0. The van der Waals surface area contributed by atoms with E-state index in [1.54, 1.807) is 24.2 Å². The Hall–Kier alpha value is -3.39. The number of hydrogen-bond acceptors (Lipinski definition) is 6. The summed E-state index contributed by atoms with van der Waals surface area (Å²) in [5.74, 6) is 2.04. The fourth-order valence-electron chi connectivity index (χ4n) is 5.41. The second-order valence-corrected chi connectivity index (χ2v) is 10.3. The van der Waals surface area contributed by atoms with Crippen molar-refractivity contribution in [3.05, 3.63) is 77.9 Å². The Morgan fingerprint density at radius 2 is 1.77 bits per heavy atom. The molecule has 5 rings (SSSR count). The molecule has 39 heavy (non-hydrogen) atoms. The number of aliphatic hydroxyl groups is 1. The zero-order valence-corrected chi connectivity index (χ0v) is 22.6. The number of amides is 1. The topological polar surface area (TPSA) is 71.5 Å². The quantitative estimate of drug-likeness (QED) is 0.415. The van der Waals surface area contributed by atoms with Crippen molar-refractivity contribution in [3.8, 4) is 11.5 Å². The predicted octanol–water partition coefficient (Wildman–Crippen LogP) is 4.34. The Labute approximate surface area is 230 Å². The van der Waals surface area contributed by atoms with E-state index >= 15 is 0 Å². The minimum atomic E-state index is -0.593. The van der Waals surface area contributed by atoms with Gasteiger partial charge in [0, 0.05) is 31.3 Å². The largest absolute Gasteiger partial charge is 0.497 e. The minimum absolute atomic E-state index is 0.0274. The number of aliphatic hydroxyl groups excluding tert-OH is 1. The summed E-state index contributed by atoms with van der Waals surface area (Å²) in [6, 6.07) is 20.5.